The van der Waals surface area contributed by atoms with Crippen molar-refractivity contribution in [2.45, 2.75) is 0 Å². The lowest BCUT2D eigenvalue weighted by Gasteiger charge is -2.10. The molecule has 6 nitrogen and oxygen atoms in total. The highest BCUT2D eigenvalue weighted by molar-refractivity contribution is 5.94. The van der Waals surface area contributed by atoms with Crippen molar-refractivity contribution in [2.75, 3.05) is 21.0 Å². The molecule has 0 unspecified atom stereocenters. The molecule has 0 aliphatic carbocycles. The molecule has 0 bridgehead atoms. The van der Waals surface area contributed by atoms with E-state index < -0.39 is 5.97 Å². The van der Waals surface area contributed by atoms with Gasteiger partial charge < -0.3 is 23.7 Å². The Morgan fingerprint density at radius 2 is 1.73 bits per heavy atom. The first-order chi connectivity index (χ1) is 10.7. The Hall–Kier alpha value is -2.89. The highest BCUT2D eigenvalue weighted by atomic mass is 16.7. The zero-order valence-corrected chi connectivity index (χ0v) is 12.1. The van der Waals surface area contributed by atoms with Gasteiger partial charge in [0.2, 0.25) is 6.79 Å². The Bertz CT molecular complexity index is 710. The lowest BCUT2D eigenvalue weighted by atomic mass is 10.2. The summed E-state index contributed by atoms with van der Waals surface area (Å²) in [5, 5.41) is 0. The molecule has 22 heavy (non-hydrogen) atoms. The molecular weight excluding hydrogens is 288 g/mol. The van der Waals surface area contributed by atoms with Crippen LogP contribution in [0, 0.1) is 0 Å². The molecule has 0 atom stereocenters. The number of carbonyl (C=O) groups excluding carboxylic acids is 1. The summed E-state index contributed by atoms with van der Waals surface area (Å²) < 4.78 is 26.1. The molecule has 1 aliphatic heterocycles. The van der Waals surface area contributed by atoms with E-state index in [1.807, 2.05) is 0 Å². The number of hydrogen-bond acceptors (Lipinski definition) is 6. The molecule has 1 aliphatic rings. The fourth-order valence-corrected chi connectivity index (χ4v) is 2.08. The first kappa shape index (κ1) is 14.1. The Balaban J connectivity index is 1.85. The molecule has 0 amide bonds. The molecule has 0 N–H and O–H groups in total. The van der Waals surface area contributed by atoms with Crippen LogP contribution in [0.5, 0.6) is 28.7 Å². The van der Waals surface area contributed by atoms with Crippen LogP contribution in [0.3, 0.4) is 0 Å². The normalized spacial score (nSPS) is 11.9. The average Bonchev–Trinajstić information content (AvgIpc) is 3.01. The van der Waals surface area contributed by atoms with Gasteiger partial charge in [-0.25, -0.2) is 4.79 Å². The lowest BCUT2D eigenvalue weighted by Crippen LogP contribution is -2.10. The van der Waals surface area contributed by atoms with Gasteiger partial charge in [0.15, 0.2) is 11.5 Å². The van der Waals surface area contributed by atoms with Gasteiger partial charge in [-0.05, 0) is 30.3 Å². The molecule has 0 fully saturated rings. The summed E-state index contributed by atoms with van der Waals surface area (Å²) in [6, 6.07) is 9.85. The maximum absolute atomic E-state index is 12.3. The number of methoxy groups -OCH3 is 2. The van der Waals surface area contributed by atoms with E-state index in [0.717, 1.165) is 0 Å². The van der Waals surface area contributed by atoms with Crippen LogP contribution in [-0.2, 0) is 0 Å². The minimum Gasteiger partial charge on any atom is -0.497 e. The molecule has 114 valence electrons. The smallest absolute Gasteiger partial charge is 0.347 e. The second-order valence-electron chi connectivity index (χ2n) is 4.47. The van der Waals surface area contributed by atoms with Gasteiger partial charge in [0.1, 0.15) is 22.8 Å². The summed E-state index contributed by atoms with van der Waals surface area (Å²) in [7, 11) is 3.01. The molecule has 0 saturated heterocycles. The van der Waals surface area contributed by atoms with Gasteiger partial charge in [0.25, 0.3) is 0 Å². The van der Waals surface area contributed by atoms with Crippen molar-refractivity contribution < 1.29 is 28.5 Å². The number of hydrogen-bond donors (Lipinski definition) is 0. The van der Waals surface area contributed by atoms with E-state index >= 15 is 0 Å². The molecule has 1 heterocycles. The molecule has 6 heteroatoms. The van der Waals surface area contributed by atoms with Gasteiger partial charge in [-0.15, -0.1) is 0 Å². The summed E-state index contributed by atoms with van der Waals surface area (Å²) in [5.74, 6) is 1.93. The van der Waals surface area contributed by atoms with Gasteiger partial charge in [-0.3, -0.25) is 0 Å². The van der Waals surface area contributed by atoms with Gasteiger partial charge in [-0.2, -0.15) is 0 Å². The van der Waals surface area contributed by atoms with E-state index in [2.05, 4.69) is 0 Å². The van der Waals surface area contributed by atoms with Gasteiger partial charge in [-0.1, -0.05) is 0 Å². The Morgan fingerprint density at radius 3 is 2.50 bits per heavy atom. The Labute approximate surface area is 127 Å². The predicted octanol–water partition coefficient (Wildman–Crippen LogP) is 2.65. The molecule has 2 aromatic rings. The SMILES string of the molecule is COc1ccc(OC)c(C(=O)Oc2ccc3c(c2)OCO3)c1. The zero-order valence-electron chi connectivity index (χ0n) is 12.1. The van der Waals surface area contributed by atoms with Crippen LogP contribution in [0.1, 0.15) is 10.4 Å². The fourth-order valence-electron chi connectivity index (χ4n) is 2.08. The van der Waals surface area contributed by atoms with Crippen molar-refractivity contribution in [1.82, 2.24) is 0 Å². The van der Waals surface area contributed by atoms with Gasteiger partial charge in [0, 0.05) is 6.07 Å². The van der Waals surface area contributed by atoms with Crippen LogP contribution >= 0.6 is 0 Å². The molecule has 0 spiro atoms. The number of ether oxygens (including phenoxy) is 5. The lowest BCUT2D eigenvalue weighted by molar-refractivity contribution is 0.0730. The standard InChI is InChI=1S/C16H14O6/c1-18-10-3-5-13(19-2)12(7-10)16(17)22-11-4-6-14-15(8-11)21-9-20-14/h3-8H,9H2,1-2H3. The maximum Gasteiger partial charge on any atom is 0.347 e. The first-order valence-electron chi connectivity index (χ1n) is 6.55. The summed E-state index contributed by atoms with van der Waals surface area (Å²) in [6.45, 7) is 0.163. The summed E-state index contributed by atoms with van der Waals surface area (Å²) in [5.41, 5.74) is 0.277. The van der Waals surface area contributed by atoms with Crippen molar-refractivity contribution in [3.05, 3.63) is 42.0 Å². The van der Waals surface area contributed by atoms with E-state index in [9.17, 15) is 4.79 Å². The largest absolute Gasteiger partial charge is 0.497 e. The quantitative estimate of drug-likeness (QED) is 0.639. The number of fused-ring (bicyclic) bond motifs is 1. The molecule has 0 saturated carbocycles. The van der Waals surface area contributed by atoms with Crippen molar-refractivity contribution in [2.24, 2.45) is 0 Å². The summed E-state index contributed by atoms with van der Waals surface area (Å²) in [6.07, 6.45) is 0. The second kappa shape index (κ2) is 5.85. The third-order valence-corrected chi connectivity index (χ3v) is 3.18. The van der Waals surface area contributed by atoms with E-state index in [-0.39, 0.29) is 12.4 Å². The molecule has 3 rings (SSSR count). The molecular formula is C16H14O6. The van der Waals surface area contributed by atoms with Crippen LogP contribution < -0.4 is 23.7 Å². The van der Waals surface area contributed by atoms with Crippen LogP contribution in [0.25, 0.3) is 0 Å². The van der Waals surface area contributed by atoms with Gasteiger partial charge in [0.05, 0.1) is 14.2 Å². The van der Waals surface area contributed by atoms with Crippen molar-refractivity contribution in [1.29, 1.82) is 0 Å². The van der Waals surface area contributed by atoms with E-state index in [1.54, 1.807) is 36.4 Å². The van der Waals surface area contributed by atoms with Crippen molar-refractivity contribution >= 4 is 5.97 Å². The maximum atomic E-state index is 12.3. The van der Waals surface area contributed by atoms with Crippen LogP contribution in [0.4, 0.5) is 0 Å². The number of benzene rings is 2. The minimum absolute atomic E-state index is 0.163. The molecule has 0 aromatic heterocycles. The molecule has 2 aromatic carbocycles. The third kappa shape index (κ3) is 2.63. The highest BCUT2D eigenvalue weighted by Gasteiger charge is 2.19. The second-order valence-corrected chi connectivity index (χ2v) is 4.47. The minimum atomic E-state index is -0.547. The van der Waals surface area contributed by atoms with Crippen molar-refractivity contribution in [3.8, 4) is 28.7 Å². The Kier molecular flexibility index (Phi) is 3.74. The monoisotopic (exact) mass is 302 g/mol. The topological polar surface area (TPSA) is 63.2 Å². The van der Waals surface area contributed by atoms with Crippen LogP contribution in [-0.4, -0.2) is 27.0 Å². The fraction of sp³-hybridized carbons (Fsp3) is 0.188. The van der Waals surface area contributed by atoms with Gasteiger partial charge >= 0.3 is 5.97 Å². The summed E-state index contributed by atoms with van der Waals surface area (Å²) in [4.78, 5) is 12.3. The summed E-state index contributed by atoms with van der Waals surface area (Å²) >= 11 is 0. The highest BCUT2D eigenvalue weighted by Crippen LogP contribution is 2.35. The van der Waals surface area contributed by atoms with E-state index in [4.69, 9.17) is 23.7 Å². The molecule has 0 radical (unpaired) electrons. The van der Waals surface area contributed by atoms with Crippen LogP contribution in [0.15, 0.2) is 36.4 Å². The third-order valence-electron chi connectivity index (χ3n) is 3.18. The average molecular weight is 302 g/mol. The van der Waals surface area contributed by atoms with E-state index in [0.29, 0.717) is 28.7 Å². The van der Waals surface area contributed by atoms with Crippen molar-refractivity contribution in [3.63, 3.8) is 0 Å². The number of carbonyl (C=O) groups is 1. The zero-order chi connectivity index (χ0) is 15.5. The number of esters is 1. The number of rotatable bonds is 4. The first-order valence-corrected chi connectivity index (χ1v) is 6.55. The Morgan fingerprint density at radius 1 is 0.955 bits per heavy atom. The predicted molar refractivity (Wildman–Crippen MR) is 77.1 cm³/mol. The van der Waals surface area contributed by atoms with Crippen LogP contribution in [0.2, 0.25) is 0 Å². The van der Waals surface area contributed by atoms with E-state index in [1.165, 1.54) is 14.2 Å².